The van der Waals surface area contributed by atoms with Gasteiger partial charge in [0.1, 0.15) is 23.0 Å². The van der Waals surface area contributed by atoms with Gasteiger partial charge >= 0.3 is 5.97 Å². The van der Waals surface area contributed by atoms with Crippen molar-refractivity contribution in [1.29, 1.82) is 0 Å². The molecule has 0 amide bonds. The summed E-state index contributed by atoms with van der Waals surface area (Å²) >= 11 is 0. The first kappa shape index (κ1) is 17.7. The highest BCUT2D eigenvalue weighted by molar-refractivity contribution is 5.92. The third-order valence-electron chi connectivity index (χ3n) is 4.30. The molecule has 5 nitrogen and oxygen atoms in total. The number of ether oxygens (including phenoxy) is 2. The minimum Gasteiger partial charge on any atom is -0.497 e. The maximum atomic E-state index is 13.1. The van der Waals surface area contributed by atoms with E-state index in [1.165, 1.54) is 12.1 Å². The molecule has 1 aromatic heterocycles. The third-order valence-corrected chi connectivity index (χ3v) is 4.30. The molecule has 6 heteroatoms. The molecule has 4 rings (SSSR count). The zero-order valence-corrected chi connectivity index (χ0v) is 15.0. The van der Waals surface area contributed by atoms with Crippen molar-refractivity contribution in [2.45, 2.75) is 6.42 Å². The lowest BCUT2D eigenvalue weighted by molar-refractivity contribution is -0.133. The molecule has 0 saturated heterocycles. The lowest BCUT2D eigenvalue weighted by atomic mass is 10.1. The molecule has 0 N–H and O–H groups in total. The van der Waals surface area contributed by atoms with Crippen LogP contribution in [0.4, 0.5) is 4.39 Å². The van der Waals surface area contributed by atoms with Gasteiger partial charge in [-0.05, 0) is 54.1 Å². The minimum atomic E-state index is -0.386. The van der Waals surface area contributed by atoms with Crippen molar-refractivity contribution in [3.63, 3.8) is 0 Å². The van der Waals surface area contributed by atoms with E-state index in [0.29, 0.717) is 17.0 Å². The van der Waals surface area contributed by atoms with Gasteiger partial charge in [0.2, 0.25) is 0 Å². The lowest BCUT2D eigenvalue weighted by Gasteiger charge is -2.05. The first-order valence-corrected chi connectivity index (χ1v) is 8.61. The van der Waals surface area contributed by atoms with Crippen LogP contribution in [0.15, 0.2) is 71.3 Å². The minimum absolute atomic E-state index is 0.138. The summed E-state index contributed by atoms with van der Waals surface area (Å²) in [5.41, 5.74) is 2.65. The Morgan fingerprint density at radius 3 is 2.43 bits per heavy atom. The summed E-state index contributed by atoms with van der Waals surface area (Å²) in [5, 5.41) is 4.80. The highest BCUT2D eigenvalue weighted by Gasteiger charge is 2.13. The molecule has 0 fully saturated rings. The Labute approximate surface area is 160 Å². The predicted octanol–water partition coefficient (Wildman–Crippen LogP) is 4.79. The highest BCUT2D eigenvalue weighted by Crippen LogP contribution is 2.30. The SMILES string of the molecule is COc1ccc(CC(=O)Oc2ccc3c(-c4ccc(F)cc4)noc3c2)cc1. The van der Waals surface area contributed by atoms with Gasteiger partial charge in [-0.15, -0.1) is 0 Å². The van der Waals surface area contributed by atoms with E-state index >= 15 is 0 Å². The first-order chi connectivity index (χ1) is 13.6. The molecule has 0 bridgehead atoms. The maximum Gasteiger partial charge on any atom is 0.315 e. The highest BCUT2D eigenvalue weighted by atomic mass is 19.1. The Bertz CT molecular complexity index is 1120. The molecule has 4 aromatic rings. The zero-order chi connectivity index (χ0) is 19.5. The number of rotatable bonds is 5. The number of carbonyl (C=O) groups is 1. The van der Waals surface area contributed by atoms with E-state index in [-0.39, 0.29) is 18.2 Å². The number of hydrogen-bond acceptors (Lipinski definition) is 5. The summed E-state index contributed by atoms with van der Waals surface area (Å²) in [6, 6.07) is 18.3. The van der Waals surface area contributed by atoms with E-state index in [4.69, 9.17) is 14.0 Å². The standard InChI is InChI=1S/C22H16FNO4/c1-26-17-8-2-14(3-9-17)12-21(25)27-18-10-11-19-20(13-18)28-24-22(19)15-4-6-16(23)7-5-15/h2-11,13H,12H2,1H3. The summed E-state index contributed by atoms with van der Waals surface area (Å²) in [7, 11) is 1.59. The number of methoxy groups -OCH3 is 1. The van der Waals surface area contributed by atoms with Crippen molar-refractivity contribution in [2.24, 2.45) is 0 Å². The lowest BCUT2D eigenvalue weighted by Crippen LogP contribution is -2.11. The number of fused-ring (bicyclic) bond motifs is 1. The molecule has 3 aromatic carbocycles. The Hall–Kier alpha value is -3.67. The predicted molar refractivity (Wildman–Crippen MR) is 102 cm³/mol. The second-order valence-electron chi connectivity index (χ2n) is 6.19. The van der Waals surface area contributed by atoms with Gasteiger partial charge in [0, 0.05) is 17.0 Å². The third kappa shape index (κ3) is 3.71. The number of hydrogen-bond donors (Lipinski definition) is 0. The van der Waals surface area contributed by atoms with Gasteiger partial charge in [-0.1, -0.05) is 17.3 Å². The summed E-state index contributed by atoms with van der Waals surface area (Å²) in [6.45, 7) is 0. The van der Waals surface area contributed by atoms with Crippen LogP contribution < -0.4 is 9.47 Å². The Balaban J connectivity index is 1.50. The molecule has 140 valence electrons. The molecule has 1 heterocycles. The molecule has 0 atom stereocenters. The summed E-state index contributed by atoms with van der Waals surface area (Å²) < 4.78 is 29.0. The molecule has 0 unspecified atom stereocenters. The summed E-state index contributed by atoms with van der Waals surface area (Å²) in [6.07, 6.45) is 0.138. The number of carbonyl (C=O) groups excluding carboxylic acids is 1. The number of nitrogens with zero attached hydrogens (tertiary/aromatic N) is 1. The van der Waals surface area contributed by atoms with E-state index in [0.717, 1.165) is 22.3 Å². The number of esters is 1. The number of benzene rings is 3. The van der Waals surface area contributed by atoms with Crippen LogP contribution in [0.1, 0.15) is 5.56 Å². The fourth-order valence-electron chi connectivity index (χ4n) is 2.87. The average Bonchev–Trinajstić information content (AvgIpc) is 3.12. The van der Waals surface area contributed by atoms with Crippen molar-refractivity contribution in [3.05, 3.63) is 78.1 Å². The normalized spacial score (nSPS) is 10.8. The van der Waals surface area contributed by atoms with Crippen LogP contribution in [0.5, 0.6) is 11.5 Å². The van der Waals surface area contributed by atoms with Crippen molar-refractivity contribution in [3.8, 4) is 22.8 Å². The van der Waals surface area contributed by atoms with Crippen molar-refractivity contribution in [1.82, 2.24) is 5.16 Å². The second kappa shape index (κ2) is 7.52. The van der Waals surface area contributed by atoms with Gasteiger partial charge in [0.25, 0.3) is 0 Å². The maximum absolute atomic E-state index is 13.1. The smallest absolute Gasteiger partial charge is 0.315 e. The van der Waals surface area contributed by atoms with Crippen LogP contribution in [-0.4, -0.2) is 18.2 Å². The molecular weight excluding hydrogens is 361 g/mol. The first-order valence-electron chi connectivity index (χ1n) is 8.61. The Morgan fingerprint density at radius 2 is 1.71 bits per heavy atom. The van der Waals surface area contributed by atoms with Gasteiger partial charge in [-0.25, -0.2) is 4.39 Å². The average molecular weight is 377 g/mol. The van der Waals surface area contributed by atoms with Gasteiger partial charge in [0.15, 0.2) is 5.58 Å². The Morgan fingerprint density at radius 1 is 1.00 bits per heavy atom. The molecular formula is C22H16FNO4. The van der Waals surface area contributed by atoms with Gasteiger partial charge in [0.05, 0.1) is 13.5 Å². The monoisotopic (exact) mass is 377 g/mol. The molecule has 0 saturated carbocycles. The summed E-state index contributed by atoms with van der Waals surface area (Å²) in [5.74, 6) is 0.392. The van der Waals surface area contributed by atoms with Gasteiger partial charge < -0.3 is 14.0 Å². The number of halogens is 1. The fraction of sp³-hybridized carbons (Fsp3) is 0.0909. The van der Waals surface area contributed by atoms with Crippen LogP contribution in [0, 0.1) is 5.82 Å². The van der Waals surface area contributed by atoms with Crippen molar-refractivity contribution in [2.75, 3.05) is 7.11 Å². The van der Waals surface area contributed by atoms with E-state index in [1.807, 2.05) is 12.1 Å². The summed E-state index contributed by atoms with van der Waals surface area (Å²) in [4.78, 5) is 12.2. The van der Waals surface area contributed by atoms with Crippen LogP contribution in [-0.2, 0) is 11.2 Å². The van der Waals surface area contributed by atoms with Crippen molar-refractivity contribution < 1.29 is 23.2 Å². The van der Waals surface area contributed by atoms with Gasteiger partial charge in [-0.2, -0.15) is 0 Å². The molecule has 0 spiro atoms. The molecule has 0 aliphatic heterocycles. The zero-order valence-electron chi connectivity index (χ0n) is 15.0. The Kier molecular flexibility index (Phi) is 4.76. The molecule has 0 aliphatic carbocycles. The van der Waals surface area contributed by atoms with Gasteiger partial charge in [-0.3, -0.25) is 4.79 Å². The van der Waals surface area contributed by atoms with Crippen LogP contribution in [0.2, 0.25) is 0 Å². The van der Waals surface area contributed by atoms with Crippen LogP contribution in [0.3, 0.4) is 0 Å². The molecule has 0 radical (unpaired) electrons. The second-order valence-corrected chi connectivity index (χ2v) is 6.19. The quantitative estimate of drug-likeness (QED) is 0.370. The molecule has 28 heavy (non-hydrogen) atoms. The van der Waals surface area contributed by atoms with E-state index in [1.54, 1.807) is 49.6 Å². The van der Waals surface area contributed by atoms with Crippen LogP contribution in [0.25, 0.3) is 22.2 Å². The largest absolute Gasteiger partial charge is 0.497 e. The van der Waals surface area contributed by atoms with E-state index in [2.05, 4.69) is 5.16 Å². The van der Waals surface area contributed by atoms with Crippen LogP contribution >= 0.6 is 0 Å². The van der Waals surface area contributed by atoms with Crippen molar-refractivity contribution >= 4 is 16.9 Å². The number of aromatic nitrogens is 1. The molecule has 0 aliphatic rings. The fourth-order valence-corrected chi connectivity index (χ4v) is 2.87. The topological polar surface area (TPSA) is 61.6 Å². The van der Waals surface area contributed by atoms with E-state index in [9.17, 15) is 9.18 Å². The van der Waals surface area contributed by atoms with E-state index < -0.39 is 0 Å².